The lowest BCUT2D eigenvalue weighted by atomic mass is 10.00. The first-order chi connectivity index (χ1) is 15.4. The SMILES string of the molecule is CC(C)N1C(=O)C(NC(=O)c2ccc(Cl)c(Cl)c2)N=C(c2ccccc2)c2ccccc21. The second-order valence-corrected chi connectivity index (χ2v) is 8.48. The van der Waals surface area contributed by atoms with Crippen LogP contribution in [0.4, 0.5) is 5.69 Å². The normalized spacial score (nSPS) is 15.8. The molecule has 0 radical (unpaired) electrons. The number of halogens is 2. The predicted molar refractivity (Wildman–Crippen MR) is 129 cm³/mol. The van der Waals surface area contributed by atoms with Crippen molar-refractivity contribution in [2.75, 3.05) is 4.90 Å². The second-order valence-electron chi connectivity index (χ2n) is 7.67. The quantitative estimate of drug-likeness (QED) is 0.564. The van der Waals surface area contributed by atoms with Gasteiger partial charge < -0.3 is 10.2 Å². The monoisotopic (exact) mass is 465 g/mol. The van der Waals surface area contributed by atoms with Crippen molar-refractivity contribution in [3.05, 3.63) is 99.5 Å². The summed E-state index contributed by atoms with van der Waals surface area (Å²) in [4.78, 5) is 33.0. The van der Waals surface area contributed by atoms with E-state index in [-0.39, 0.29) is 17.0 Å². The molecule has 0 bridgehead atoms. The van der Waals surface area contributed by atoms with Crippen LogP contribution in [0.15, 0.2) is 77.8 Å². The fourth-order valence-corrected chi connectivity index (χ4v) is 3.98. The molecular weight excluding hydrogens is 445 g/mol. The Kier molecular flexibility index (Phi) is 6.31. The highest BCUT2D eigenvalue weighted by Crippen LogP contribution is 2.30. The van der Waals surface area contributed by atoms with E-state index in [0.717, 1.165) is 16.8 Å². The van der Waals surface area contributed by atoms with Gasteiger partial charge in [-0.25, -0.2) is 4.99 Å². The second kappa shape index (κ2) is 9.15. The third-order valence-corrected chi connectivity index (χ3v) is 5.90. The third-order valence-electron chi connectivity index (χ3n) is 5.16. The van der Waals surface area contributed by atoms with Gasteiger partial charge in [-0.2, -0.15) is 0 Å². The number of hydrogen-bond donors (Lipinski definition) is 1. The summed E-state index contributed by atoms with van der Waals surface area (Å²) in [5.41, 5.74) is 3.36. The summed E-state index contributed by atoms with van der Waals surface area (Å²) in [7, 11) is 0. The zero-order valence-electron chi connectivity index (χ0n) is 17.5. The van der Waals surface area contributed by atoms with Gasteiger partial charge in [-0.15, -0.1) is 0 Å². The summed E-state index contributed by atoms with van der Waals surface area (Å²) in [5, 5.41) is 3.38. The van der Waals surface area contributed by atoms with Crippen LogP contribution in [0.1, 0.15) is 35.3 Å². The van der Waals surface area contributed by atoms with Crippen LogP contribution < -0.4 is 10.2 Å². The molecule has 7 heteroatoms. The minimum atomic E-state index is -1.11. The third kappa shape index (κ3) is 4.27. The Balaban J connectivity index is 1.81. The van der Waals surface area contributed by atoms with E-state index in [2.05, 4.69) is 5.32 Å². The van der Waals surface area contributed by atoms with Crippen molar-refractivity contribution < 1.29 is 9.59 Å². The topological polar surface area (TPSA) is 61.8 Å². The molecule has 5 nitrogen and oxygen atoms in total. The molecule has 4 rings (SSSR count). The molecule has 1 aliphatic heterocycles. The predicted octanol–water partition coefficient (Wildman–Crippen LogP) is 5.34. The molecule has 0 fully saturated rings. The van der Waals surface area contributed by atoms with Gasteiger partial charge in [0.1, 0.15) is 0 Å². The molecule has 162 valence electrons. The zero-order chi connectivity index (χ0) is 22.8. The van der Waals surface area contributed by atoms with Crippen LogP contribution in [0.25, 0.3) is 0 Å². The van der Waals surface area contributed by atoms with Gasteiger partial charge in [-0.05, 0) is 38.1 Å². The van der Waals surface area contributed by atoms with Gasteiger partial charge in [0.15, 0.2) is 0 Å². The van der Waals surface area contributed by atoms with Crippen molar-refractivity contribution in [2.24, 2.45) is 4.99 Å². The number of carbonyl (C=O) groups excluding carboxylic acids is 2. The molecule has 1 aliphatic rings. The Morgan fingerprint density at radius 1 is 0.969 bits per heavy atom. The summed E-state index contributed by atoms with van der Waals surface area (Å²) in [6, 6.07) is 21.7. The molecular formula is C25H21Cl2N3O2. The van der Waals surface area contributed by atoms with E-state index in [1.165, 1.54) is 6.07 Å². The number of carbonyl (C=O) groups is 2. The maximum absolute atomic E-state index is 13.6. The van der Waals surface area contributed by atoms with Gasteiger partial charge in [-0.1, -0.05) is 71.7 Å². The first-order valence-corrected chi connectivity index (χ1v) is 10.9. The van der Waals surface area contributed by atoms with Gasteiger partial charge >= 0.3 is 0 Å². The largest absolute Gasteiger partial charge is 0.322 e. The Hall–Kier alpha value is -3.15. The smallest absolute Gasteiger partial charge is 0.272 e. The Morgan fingerprint density at radius 2 is 1.66 bits per heavy atom. The highest BCUT2D eigenvalue weighted by atomic mass is 35.5. The molecule has 1 heterocycles. The maximum Gasteiger partial charge on any atom is 0.272 e. The van der Waals surface area contributed by atoms with Crippen molar-refractivity contribution in [3.8, 4) is 0 Å². The van der Waals surface area contributed by atoms with Crippen LogP contribution >= 0.6 is 23.2 Å². The molecule has 32 heavy (non-hydrogen) atoms. The number of benzene rings is 3. The summed E-state index contributed by atoms with van der Waals surface area (Å²) >= 11 is 12.0. The van der Waals surface area contributed by atoms with Gasteiger partial charge in [0, 0.05) is 22.7 Å². The number of amides is 2. The van der Waals surface area contributed by atoms with Crippen LogP contribution in [0.2, 0.25) is 10.0 Å². The van der Waals surface area contributed by atoms with Crippen molar-refractivity contribution in [3.63, 3.8) is 0 Å². The van der Waals surface area contributed by atoms with Crippen LogP contribution in [-0.4, -0.2) is 29.7 Å². The van der Waals surface area contributed by atoms with Crippen molar-refractivity contribution in [1.82, 2.24) is 5.32 Å². The minimum Gasteiger partial charge on any atom is -0.322 e. The molecule has 1 atom stereocenters. The van der Waals surface area contributed by atoms with Crippen molar-refractivity contribution >= 4 is 46.4 Å². The average molecular weight is 466 g/mol. The summed E-state index contributed by atoms with van der Waals surface area (Å²) in [6.07, 6.45) is -1.11. The highest BCUT2D eigenvalue weighted by Gasteiger charge is 2.34. The summed E-state index contributed by atoms with van der Waals surface area (Å²) < 4.78 is 0. The van der Waals surface area contributed by atoms with Crippen LogP contribution in [0, 0.1) is 0 Å². The van der Waals surface area contributed by atoms with Gasteiger partial charge in [0.25, 0.3) is 11.8 Å². The lowest BCUT2D eigenvalue weighted by Gasteiger charge is -2.29. The number of nitrogens with zero attached hydrogens (tertiary/aromatic N) is 2. The van der Waals surface area contributed by atoms with Crippen LogP contribution in [0.5, 0.6) is 0 Å². The first kappa shape index (κ1) is 22.1. The maximum atomic E-state index is 13.6. The lowest BCUT2D eigenvalue weighted by Crippen LogP contribution is -2.49. The number of nitrogens with one attached hydrogen (secondary N) is 1. The first-order valence-electron chi connectivity index (χ1n) is 10.2. The van der Waals surface area contributed by atoms with E-state index < -0.39 is 12.1 Å². The molecule has 3 aromatic rings. The molecule has 0 spiro atoms. The fourth-order valence-electron chi connectivity index (χ4n) is 3.69. The van der Waals surface area contributed by atoms with E-state index in [9.17, 15) is 9.59 Å². The van der Waals surface area contributed by atoms with Gasteiger partial charge in [-0.3, -0.25) is 9.59 Å². The molecule has 0 aliphatic carbocycles. The molecule has 0 aromatic heterocycles. The molecule has 0 saturated heterocycles. The van der Waals surface area contributed by atoms with Gasteiger partial charge in [0.05, 0.1) is 21.4 Å². The van der Waals surface area contributed by atoms with Crippen molar-refractivity contribution in [2.45, 2.75) is 26.1 Å². The molecule has 1 N–H and O–H groups in total. The van der Waals surface area contributed by atoms with E-state index in [1.54, 1.807) is 17.0 Å². The minimum absolute atomic E-state index is 0.140. The van der Waals surface area contributed by atoms with E-state index >= 15 is 0 Å². The van der Waals surface area contributed by atoms with E-state index in [4.69, 9.17) is 28.2 Å². The fraction of sp³-hybridized carbons (Fsp3) is 0.160. The Morgan fingerprint density at radius 3 is 2.34 bits per heavy atom. The Labute approximate surface area is 196 Å². The summed E-state index contributed by atoms with van der Waals surface area (Å²) in [6.45, 7) is 3.86. The van der Waals surface area contributed by atoms with E-state index in [1.807, 2.05) is 68.4 Å². The number of para-hydroxylation sites is 1. The molecule has 1 unspecified atom stereocenters. The highest BCUT2D eigenvalue weighted by molar-refractivity contribution is 6.42. The number of anilines is 1. The van der Waals surface area contributed by atoms with E-state index in [0.29, 0.717) is 16.3 Å². The molecule has 2 amide bonds. The van der Waals surface area contributed by atoms with Crippen LogP contribution in [0.3, 0.4) is 0 Å². The average Bonchev–Trinajstić information content (AvgIpc) is 2.90. The summed E-state index contributed by atoms with van der Waals surface area (Å²) in [5.74, 6) is -0.778. The number of rotatable bonds is 4. The van der Waals surface area contributed by atoms with Gasteiger partial charge in [0.2, 0.25) is 6.17 Å². The number of hydrogen-bond acceptors (Lipinski definition) is 3. The zero-order valence-corrected chi connectivity index (χ0v) is 19.1. The lowest BCUT2D eigenvalue weighted by molar-refractivity contribution is -0.120. The molecule has 0 saturated carbocycles. The molecule has 3 aromatic carbocycles. The number of fused-ring (bicyclic) bond motifs is 1. The number of aliphatic imine (C=N–C) groups is 1. The number of benzodiazepines with no additional fused rings is 1. The Bertz CT molecular complexity index is 1210. The van der Waals surface area contributed by atoms with Crippen LogP contribution in [-0.2, 0) is 4.79 Å². The standard InChI is InChI=1S/C25H21Cl2N3O2/c1-15(2)30-21-11-7-6-10-18(21)22(16-8-4-3-5-9-16)28-23(25(30)32)29-24(31)17-12-13-19(26)20(27)14-17/h3-15,23H,1-2H3,(H,29,31). The van der Waals surface area contributed by atoms with Crippen molar-refractivity contribution in [1.29, 1.82) is 0 Å².